The van der Waals surface area contributed by atoms with Gasteiger partial charge in [-0.15, -0.1) is 0 Å². The molecule has 2 aliphatic rings. The number of carbonyl (C=O) groups excluding carboxylic acids is 1. The Balaban J connectivity index is 1.63. The average molecular weight is 307 g/mol. The third-order valence-electron chi connectivity index (χ3n) is 5.10. The Morgan fingerprint density at radius 3 is 2.64 bits per heavy atom. The van der Waals surface area contributed by atoms with Crippen LogP contribution in [0.5, 0.6) is 5.75 Å². The number of carbonyl (C=O) groups is 1. The lowest BCUT2D eigenvalue weighted by molar-refractivity contribution is 0.0647. The molecular weight excluding hydrogens is 285 g/mol. The van der Waals surface area contributed by atoms with E-state index >= 15 is 0 Å². The van der Waals surface area contributed by atoms with Gasteiger partial charge in [0.1, 0.15) is 0 Å². The molecule has 1 heterocycles. The normalized spacial score (nSPS) is 26.1. The Bertz CT molecular complexity index is 580. The molecule has 2 N–H and O–H groups in total. The van der Waals surface area contributed by atoms with Crippen molar-refractivity contribution < 1.29 is 19.4 Å². The van der Waals surface area contributed by atoms with Gasteiger partial charge in [0.15, 0.2) is 11.6 Å². The molecule has 1 amide bonds. The topological polar surface area (TPSA) is 60.8 Å². The van der Waals surface area contributed by atoms with E-state index in [0.29, 0.717) is 36.1 Å². The van der Waals surface area contributed by atoms with Crippen LogP contribution in [0.4, 0.5) is 4.39 Å². The van der Waals surface area contributed by atoms with Gasteiger partial charge in [-0.2, -0.15) is 0 Å². The van der Waals surface area contributed by atoms with Gasteiger partial charge in [-0.1, -0.05) is 0 Å². The molecule has 0 spiro atoms. The minimum absolute atomic E-state index is 0.122. The van der Waals surface area contributed by atoms with Crippen molar-refractivity contribution in [2.24, 2.45) is 11.8 Å². The number of halogens is 1. The number of nitrogens with zero attached hydrogens (tertiary/aromatic N) is 1. The van der Waals surface area contributed by atoms with Crippen molar-refractivity contribution in [3.8, 4) is 5.75 Å². The van der Waals surface area contributed by atoms with Crippen molar-refractivity contribution in [3.63, 3.8) is 0 Å². The number of hydrogen-bond donors (Lipinski definition) is 2. The summed E-state index contributed by atoms with van der Waals surface area (Å²) < 4.78 is 13.4. The molecule has 0 bridgehead atoms. The predicted octanol–water partition coefficient (Wildman–Crippen LogP) is 2.67. The number of phenolic OH excluding ortho intramolecular Hbond substituents is 1. The highest BCUT2D eigenvalue weighted by molar-refractivity contribution is 5.98. The van der Waals surface area contributed by atoms with Gasteiger partial charge >= 0.3 is 0 Å². The Labute approximate surface area is 129 Å². The number of phenols is 1. The van der Waals surface area contributed by atoms with Crippen LogP contribution in [0.3, 0.4) is 0 Å². The van der Waals surface area contributed by atoms with E-state index in [1.165, 1.54) is 12.1 Å². The van der Waals surface area contributed by atoms with E-state index in [1.54, 1.807) is 4.90 Å². The monoisotopic (exact) mass is 307 g/mol. The maximum absolute atomic E-state index is 13.4. The lowest BCUT2D eigenvalue weighted by Gasteiger charge is -2.32. The van der Waals surface area contributed by atoms with E-state index in [0.717, 1.165) is 25.7 Å². The van der Waals surface area contributed by atoms with Crippen LogP contribution in [0.25, 0.3) is 0 Å². The van der Waals surface area contributed by atoms with Crippen LogP contribution < -0.4 is 0 Å². The first-order valence-corrected chi connectivity index (χ1v) is 7.94. The van der Waals surface area contributed by atoms with Gasteiger partial charge in [0, 0.05) is 18.7 Å². The SMILES string of the molecule is CC(O)C1CCC(CN2Cc3cc(F)c(O)cc3C2=O)CC1. The highest BCUT2D eigenvalue weighted by Crippen LogP contribution is 2.34. The molecule has 1 aromatic carbocycles. The molecule has 3 rings (SSSR count). The number of aromatic hydroxyl groups is 1. The van der Waals surface area contributed by atoms with Crippen LogP contribution in [-0.4, -0.2) is 33.7 Å². The molecule has 1 saturated carbocycles. The number of benzene rings is 1. The Kier molecular flexibility index (Phi) is 4.08. The Morgan fingerprint density at radius 1 is 1.32 bits per heavy atom. The minimum Gasteiger partial charge on any atom is -0.505 e. The fourth-order valence-electron chi connectivity index (χ4n) is 3.69. The molecule has 1 atom stereocenters. The summed E-state index contributed by atoms with van der Waals surface area (Å²) in [5.74, 6) is -0.458. The molecule has 1 fully saturated rings. The fourth-order valence-corrected chi connectivity index (χ4v) is 3.69. The van der Waals surface area contributed by atoms with Gasteiger partial charge in [-0.05, 0) is 62.1 Å². The zero-order chi connectivity index (χ0) is 15.9. The molecule has 0 radical (unpaired) electrons. The van der Waals surface area contributed by atoms with Crippen LogP contribution in [0.15, 0.2) is 12.1 Å². The summed E-state index contributed by atoms with van der Waals surface area (Å²) in [7, 11) is 0. The number of fused-ring (bicyclic) bond motifs is 1. The lowest BCUT2D eigenvalue weighted by Crippen LogP contribution is -2.33. The maximum Gasteiger partial charge on any atom is 0.254 e. The van der Waals surface area contributed by atoms with Gasteiger partial charge in [0.25, 0.3) is 5.91 Å². The summed E-state index contributed by atoms with van der Waals surface area (Å²) >= 11 is 0. The largest absolute Gasteiger partial charge is 0.505 e. The number of amides is 1. The van der Waals surface area contributed by atoms with Gasteiger partial charge in [-0.25, -0.2) is 4.39 Å². The maximum atomic E-state index is 13.4. The quantitative estimate of drug-likeness (QED) is 0.902. The predicted molar refractivity (Wildman–Crippen MR) is 79.9 cm³/mol. The third-order valence-corrected chi connectivity index (χ3v) is 5.10. The van der Waals surface area contributed by atoms with Crippen molar-refractivity contribution in [2.75, 3.05) is 6.54 Å². The summed E-state index contributed by atoms with van der Waals surface area (Å²) in [4.78, 5) is 14.1. The van der Waals surface area contributed by atoms with E-state index in [2.05, 4.69) is 0 Å². The summed E-state index contributed by atoms with van der Waals surface area (Å²) in [5.41, 5.74) is 1.06. The highest BCUT2D eigenvalue weighted by Gasteiger charge is 2.32. The molecule has 5 heteroatoms. The molecule has 1 unspecified atom stereocenters. The summed E-state index contributed by atoms with van der Waals surface area (Å²) in [6.45, 7) is 2.93. The van der Waals surface area contributed by atoms with Crippen LogP contribution >= 0.6 is 0 Å². The fraction of sp³-hybridized carbons (Fsp3) is 0.588. The van der Waals surface area contributed by atoms with E-state index in [9.17, 15) is 19.4 Å². The molecule has 1 aromatic rings. The first-order chi connectivity index (χ1) is 10.5. The second-order valence-corrected chi connectivity index (χ2v) is 6.67. The Hall–Kier alpha value is -1.62. The third kappa shape index (κ3) is 2.82. The molecular formula is C17H22FNO3. The van der Waals surface area contributed by atoms with E-state index in [-0.39, 0.29) is 12.0 Å². The standard InChI is InChI=1S/C17H22FNO3/c1-10(20)12-4-2-11(3-5-12)8-19-9-13-6-15(18)16(21)7-14(13)17(19)22/h6-7,10-12,20-21H,2-5,8-9H2,1H3. The van der Waals surface area contributed by atoms with E-state index in [1.807, 2.05) is 6.92 Å². The van der Waals surface area contributed by atoms with Crippen molar-refractivity contribution in [1.29, 1.82) is 0 Å². The lowest BCUT2D eigenvalue weighted by atomic mass is 9.79. The zero-order valence-electron chi connectivity index (χ0n) is 12.8. The van der Waals surface area contributed by atoms with E-state index in [4.69, 9.17) is 0 Å². The average Bonchev–Trinajstić information content (AvgIpc) is 2.77. The minimum atomic E-state index is -0.675. The molecule has 1 aliphatic heterocycles. The molecule has 0 aromatic heterocycles. The van der Waals surface area contributed by atoms with Gasteiger partial charge < -0.3 is 15.1 Å². The summed E-state index contributed by atoms with van der Waals surface area (Å²) in [5, 5.41) is 19.1. The summed E-state index contributed by atoms with van der Waals surface area (Å²) in [6.07, 6.45) is 3.74. The summed E-state index contributed by atoms with van der Waals surface area (Å²) in [6, 6.07) is 2.49. The van der Waals surface area contributed by atoms with Crippen molar-refractivity contribution in [3.05, 3.63) is 29.1 Å². The number of hydrogen-bond acceptors (Lipinski definition) is 3. The number of aliphatic hydroxyl groups excluding tert-OH is 1. The first-order valence-electron chi connectivity index (χ1n) is 7.94. The smallest absolute Gasteiger partial charge is 0.254 e. The van der Waals surface area contributed by atoms with Gasteiger partial charge in [-0.3, -0.25) is 4.79 Å². The zero-order valence-corrected chi connectivity index (χ0v) is 12.8. The van der Waals surface area contributed by atoms with Crippen LogP contribution in [0.2, 0.25) is 0 Å². The van der Waals surface area contributed by atoms with Crippen LogP contribution in [0, 0.1) is 17.7 Å². The van der Waals surface area contributed by atoms with Crippen LogP contribution in [0.1, 0.15) is 48.5 Å². The molecule has 120 valence electrons. The number of rotatable bonds is 3. The molecule has 1 aliphatic carbocycles. The molecule has 22 heavy (non-hydrogen) atoms. The second kappa shape index (κ2) is 5.88. The second-order valence-electron chi connectivity index (χ2n) is 6.67. The van der Waals surface area contributed by atoms with Crippen LogP contribution in [-0.2, 0) is 6.54 Å². The highest BCUT2D eigenvalue weighted by atomic mass is 19.1. The number of aliphatic hydroxyl groups is 1. The van der Waals surface area contributed by atoms with Crippen molar-refractivity contribution in [1.82, 2.24) is 4.90 Å². The first kappa shape index (κ1) is 15.3. The van der Waals surface area contributed by atoms with Gasteiger partial charge in [0.2, 0.25) is 0 Å². The van der Waals surface area contributed by atoms with Crippen molar-refractivity contribution in [2.45, 2.75) is 45.3 Å². The molecule has 4 nitrogen and oxygen atoms in total. The van der Waals surface area contributed by atoms with Crippen molar-refractivity contribution >= 4 is 5.91 Å². The van der Waals surface area contributed by atoms with E-state index < -0.39 is 11.6 Å². The van der Waals surface area contributed by atoms with Gasteiger partial charge in [0.05, 0.1) is 6.10 Å². The Morgan fingerprint density at radius 2 is 2.00 bits per heavy atom. The molecule has 0 saturated heterocycles.